The Hall–Kier alpha value is -2.78. The quantitative estimate of drug-likeness (QED) is 0.853. The average Bonchev–Trinajstić information content (AvgIpc) is 2.68. The standard InChI is InChI=1S/C18H18N2O6S/c21-18-12-24-8-7-20(18)14-3-1-13(2-4-14)19-27(22,23)15-5-6-16-17(11-15)26-10-9-25-16/h1-6,11,19H,7-10,12H2. The molecule has 8 nitrogen and oxygen atoms in total. The summed E-state index contributed by atoms with van der Waals surface area (Å²) in [6.07, 6.45) is 0. The first-order chi connectivity index (χ1) is 13.0. The van der Waals surface area contributed by atoms with E-state index in [-0.39, 0.29) is 17.4 Å². The second kappa shape index (κ2) is 7.09. The second-order valence-corrected chi connectivity index (χ2v) is 7.74. The van der Waals surface area contributed by atoms with Crippen molar-refractivity contribution < 1.29 is 27.4 Å². The van der Waals surface area contributed by atoms with E-state index in [0.717, 1.165) is 0 Å². The van der Waals surface area contributed by atoms with E-state index in [4.69, 9.17) is 14.2 Å². The number of amides is 1. The van der Waals surface area contributed by atoms with Crippen LogP contribution in [0.3, 0.4) is 0 Å². The van der Waals surface area contributed by atoms with Crippen LogP contribution < -0.4 is 19.1 Å². The van der Waals surface area contributed by atoms with Crippen LogP contribution in [-0.4, -0.2) is 47.3 Å². The number of morpholine rings is 1. The van der Waals surface area contributed by atoms with Crippen LogP contribution in [-0.2, 0) is 19.6 Å². The number of fused-ring (bicyclic) bond motifs is 1. The topological polar surface area (TPSA) is 94.2 Å². The van der Waals surface area contributed by atoms with Gasteiger partial charge in [-0.05, 0) is 36.4 Å². The molecule has 1 fully saturated rings. The van der Waals surface area contributed by atoms with Crippen LogP contribution >= 0.6 is 0 Å². The van der Waals surface area contributed by atoms with Gasteiger partial charge >= 0.3 is 0 Å². The van der Waals surface area contributed by atoms with Crippen LogP contribution in [0.4, 0.5) is 11.4 Å². The summed E-state index contributed by atoms with van der Waals surface area (Å²) in [4.78, 5) is 13.6. The minimum Gasteiger partial charge on any atom is -0.486 e. The van der Waals surface area contributed by atoms with E-state index in [0.29, 0.717) is 49.2 Å². The molecule has 0 atom stereocenters. The first-order valence-corrected chi connectivity index (χ1v) is 9.92. The van der Waals surface area contributed by atoms with Crippen LogP contribution in [0.1, 0.15) is 0 Å². The van der Waals surface area contributed by atoms with Gasteiger partial charge in [-0.3, -0.25) is 9.52 Å². The van der Waals surface area contributed by atoms with Crippen LogP contribution in [0.2, 0.25) is 0 Å². The van der Waals surface area contributed by atoms with E-state index in [9.17, 15) is 13.2 Å². The zero-order valence-corrected chi connectivity index (χ0v) is 15.2. The summed E-state index contributed by atoms with van der Waals surface area (Å²) >= 11 is 0. The predicted octanol–water partition coefficient (Wildman–Crippen LogP) is 1.62. The van der Waals surface area contributed by atoms with Crippen molar-refractivity contribution in [2.75, 3.05) is 42.6 Å². The largest absolute Gasteiger partial charge is 0.486 e. The number of rotatable bonds is 4. The van der Waals surface area contributed by atoms with Crippen molar-refractivity contribution in [3.63, 3.8) is 0 Å². The summed E-state index contributed by atoms with van der Waals surface area (Å²) in [5.74, 6) is 0.816. The fourth-order valence-corrected chi connectivity index (χ4v) is 3.98. The Balaban J connectivity index is 1.52. The third-order valence-corrected chi connectivity index (χ3v) is 5.62. The molecule has 0 aliphatic carbocycles. The third-order valence-electron chi connectivity index (χ3n) is 4.24. The molecule has 0 saturated carbocycles. The van der Waals surface area contributed by atoms with Gasteiger partial charge in [0.05, 0.1) is 11.5 Å². The number of sulfonamides is 1. The molecule has 1 N–H and O–H groups in total. The Kier molecular flexibility index (Phi) is 4.63. The molecule has 27 heavy (non-hydrogen) atoms. The highest BCUT2D eigenvalue weighted by Gasteiger charge is 2.21. The number of anilines is 2. The number of nitrogens with zero attached hydrogens (tertiary/aromatic N) is 1. The zero-order chi connectivity index (χ0) is 18.9. The molecule has 1 amide bonds. The van der Waals surface area contributed by atoms with Gasteiger partial charge in [0.25, 0.3) is 15.9 Å². The molecule has 4 rings (SSSR count). The molecule has 0 radical (unpaired) electrons. The fourth-order valence-electron chi connectivity index (χ4n) is 2.91. The van der Waals surface area contributed by atoms with Crippen molar-refractivity contribution in [1.29, 1.82) is 0 Å². The lowest BCUT2D eigenvalue weighted by Crippen LogP contribution is -2.41. The van der Waals surface area contributed by atoms with Gasteiger partial charge in [0, 0.05) is 24.0 Å². The van der Waals surface area contributed by atoms with Gasteiger partial charge in [-0.1, -0.05) is 0 Å². The minimum absolute atomic E-state index is 0.0541. The summed E-state index contributed by atoms with van der Waals surface area (Å²) in [5.41, 5.74) is 1.10. The lowest BCUT2D eigenvalue weighted by Gasteiger charge is -2.27. The Bertz CT molecular complexity index is 958. The number of ether oxygens (including phenoxy) is 3. The Morgan fingerprint density at radius 3 is 2.41 bits per heavy atom. The molecular weight excluding hydrogens is 372 g/mol. The van der Waals surface area contributed by atoms with Gasteiger partial charge in [-0.2, -0.15) is 0 Å². The normalized spacial score (nSPS) is 16.9. The van der Waals surface area contributed by atoms with Gasteiger partial charge in [-0.25, -0.2) is 8.42 Å². The highest BCUT2D eigenvalue weighted by atomic mass is 32.2. The first-order valence-electron chi connectivity index (χ1n) is 8.44. The van der Waals surface area contributed by atoms with E-state index < -0.39 is 10.0 Å². The SMILES string of the molecule is O=C1COCCN1c1ccc(NS(=O)(=O)c2ccc3c(c2)OCCO3)cc1. The third kappa shape index (κ3) is 3.69. The second-order valence-electron chi connectivity index (χ2n) is 6.06. The van der Waals surface area contributed by atoms with Crippen molar-refractivity contribution in [2.24, 2.45) is 0 Å². The van der Waals surface area contributed by atoms with Crippen LogP contribution in [0.15, 0.2) is 47.4 Å². The molecule has 0 unspecified atom stereocenters. The van der Waals surface area contributed by atoms with Crippen molar-refractivity contribution >= 4 is 27.3 Å². The molecule has 2 aliphatic rings. The van der Waals surface area contributed by atoms with Crippen molar-refractivity contribution in [3.05, 3.63) is 42.5 Å². The van der Waals surface area contributed by atoms with E-state index in [1.165, 1.54) is 12.1 Å². The maximum atomic E-state index is 12.6. The summed E-state index contributed by atoms with van der Waals surface area (Å²) < 4.78 is 43.8. The van der Waals surface area contributed by atoms with Crippen LogP contribution in [0.25, 0.3) is 0 Å². The Labute approximate surface area is 156 Å². The summed E-state index contributed by atoms with van der Waals surface area (Å²) in [5, 5.41) is 0. The van der Waals surface area contributed by atoms with Gasteiger partial charge < -0.3 is 19.1 Å². The van der Waals surface area contributed by atoms with Crippen LogP contribution in [0, 0.1) is 0 Å². The molecule has 2 aliphatic heterocycles. The molecule has 2 aromatic rings. The average molecular weight is 390 g/mol. The van der Waals surface area contributed by atoms with E-state index in [1.807, 2.05) is 0 Å². The monoisotopic (exact) mass is 390 g/mol. The molecule has 1 saturated heterocycles. The Morgan fingerprint density at radius 1 is 0.926 bits per heavy atom. The lowest BCUT2D eigenvalue weighted by atomic mass is 10.2. The summed E-state index contributed by atoms with van der Waals surface area (Å²) in [6.45, 7) is 1.82. The Morgan fingerprint density at radius 2 is 1.67 bits per heavy atom. The first kappa shape index (κ1) is 17.6. The molecular formula is C18H18N2O6S. The smallest absolute Gasteiger partial charge is 0.262 e. The van der Waals surface area contributed by atoms with Gasteiger partial charge in [-0.15, -0.1) is 0 Å². The molecule has 0 bridgehead atoms. The van der Waals surface area contributed by atoms with Crippen molar-refractivity contribution in [2.45, 2.75) is 4.90 Å². The summed E-state index contributed by atoms with van der Waals surface area (Å²) in [6, 6.07) is 11.1. The highest BCUT2D eigenvalue weighted by Crippen LogP contribution is 2.33. The van der Waals surface area contributed by atoms with E-state index in [2.05, 4.69) is 4.72 Å². The number of hydrogen-bond acceptors (Lipinski definition) is 6. The molecule has 142 valence electrons. The van der Waals surface area contributed by atoms with Gasteiger partial charge in [0.1, 0.15) is 19.8 Å². The number of nitrogens with one attached hydrogen (secondary N) is 1. The van der Waals surface area contributed by atoms with Crippen LogP contribution in [0.5, 0.6) is 11.5 Å². The number of benzene rings is 2. The van der Waals surface area contributed by atoms with E-state index >= 15 is 0 Å². The number of carbonyl (C=O) groups excluding carboxylic acids is 1. The molecule has 2 heterocycles. The maximum Gasteiger partial charge on any atom is 0.262 e. The molecule has 0 aromatic heterocycles. The van der Waals surface area contributed by atoms with Crippen molar-refractivity contribution in [3.8, 4) is 11.5 Å². The summed E-state index contributed by atoms with van der Waals surface area (Å²) in [7, 11) is -3.78. The van der Waals surface area contributed by atoms with Gasteiger partial charge in [0.15, 0.2) is 11.5 Å². The number of hydrogen-bond donors (Lipinski definition) is 1. The molecule has 9 heteroatoms. The highest BCUT2D eigenvalue weighted by molar-refractivity contribution is 7.92. The zero-order valence-electron chi connectivity index (χ0n) is 14.4. The number of carbonyl (C=O) groups is 1. The van der Waals surface area contributed by atoms with Gasteiger partial charge in [0.2, 0.25) is 0 Å². The van der Waals surface area contributed by atoms with E-state index in [1.54, 1.807) is 35.2 Å². The maximum absolute atomic E-state index is 12.6. The minimum atomic E-state index is -3.78. The molecule has 2 aromatic carbocycles. The predicted molar refractivity (Wildman–Crippen MR) is 97.9 cm³/mol. The lowest BCUT2D eigenvalue weighted by molar-refractivity contribution is -0.125. The van der Waals surface area contributed by atoms with Crippen molar-refractivity contribution in [1.82, 2.24) is 0 Å². The molecule has 0 spiro atoms. The fraction of sp³-hybridized carbons (Fsp3) is 0.278.